The minimum Gasteiger partial charge on any atom is -0.377 e. The van der Waals surface area contributed by atoms with Gasteiger partial charge in [-0.05, 0) is 32.1 Å². The summed E-state index contributed by atoms with van der Waals surface area (Å²) < 4.78 is 5.37. The molecule has 0 aromatic heterocycles. The first kappa shape index (κ1) is 13.8. The lowest BCUT2D eigenvalue weighted by molar-refractivity contribution is -0.150. The second-order valence-electron chi connectivity index (χ2n) is 6.35. The molecule has 1 aliphatic heterocycles. The highest BCUT2D eigenvalue weighted by Gasteiger charge is 2.40. The Morgan fingerprint density at radius 3 is 2.70 bits per heavy atom. The van der Waals surface area contributed by atoms with E-state index in [9.17, 15) is 9.59 Å². The first-order valence-electron chi connectivity index (χ1n) is 7.54. The SMILES string of the molecule is NC1(CC(=O)N2CCOCC2C(=O)NC2CC2)CCC1. The highest BCUT2D eigenvalue weighted by atomic mass is 16.5. The van der Waals surface area contributed by atoms with Gasteiger partial charge in [-0.25, -0.2) is 0 Å². The van der Waals surface area contributed by atoms with Crippen molar-refractivity contribution in [2.24, 2.45) is 5.73 Å². The lowest BCUT2D eigenvalue weighted by Gasteiger charge is -2.41. The maximum absolute atomic E-state index is 12.4. The molecule has 6 heteroatoms. The molecule has 1 unspecified atom stereocenters. The van der Waals surface area contributed by atoms with E-state index in [-0.39, 0.29) is 17.4 Å². The molecule has 112 valence electrons. The Morgan fingerprint density at radius 2 is 2.10 bits per heavy atom. The molecule has 1 heterocycles. The van der Waals surface area contributed by atoms with Crippen molar-refractivity contribution in [3.63, 3.8) is 0 Å². The maximum Gasteiger partial charge on any atom is 0.245 e. The van der Waals surface area contributed by atoms with E-state index in [4.69, 9.17) is 10.5 Å². The summed E-state index contributed by atoms with van der Waals surface area (Å²) >= 11 is 0. The summed E-state index contributed by atoms with van der Waals surface area (Å²) in [5, 5.41) is 2.96. The van der Waals surface area contributed by atoms with Crippen LogP contribution in [0, 0.1) is 0 Å². The molecular formula is C14H23N3O3. The molecule has 3 fully saturated rings. The molecule has 3 rings (SSSR count). The summed E-state index contributed by atoms with van der Waals surface area (Å²) in [5.74, 6) is -0.0910. The number of carbonyl (C=O) groups is 2. The third-order valence-electron chi connectivity index (χ3n) is 4.53. The smallest absolute Gasteiger partial charge is 0.245 e. The van der Waals surface area contributed by atoms with Gasteiger partial charge < -0.3 is 20.7 Å². The number of amides is 2. The van der Waals surface area contributed by atoms with Crippen molar-refractivity contribution in [3.8, 4) is 0 Å². The number of nitrogens with zero attached hydrogens (tertiary/aromatic N) is 1. The Hall–Kier alpha value is -1.14. The molecule has 6 nitrogen and oxygen atoms in total. The van der Waals surface area contributed by atoms with Crippen LogP contribution in [0.5, 0.6) is 0 Å². The van der Waals surface area contributed by atoms with Crippen LogP contribution in [-0.4, -0.2) is 54.1 Å². The summed E-state index contributed by atoms with van der Waals surface area (Å²) in [4.78, 5) is 26.3. The van der Waals surface area contributed by atoms with Gasteiger partial charge in [-0.1, -0.05) is 0 Å². The Labute approximate surface area is 119 Å². The number of hydrogen-bond acceptors (Lipinski definition) is 4. The van der Waals surface area contributed by atoms with Gasteiger partial charge in [0.25, 0.3) is 0 Å². The summed E-state index contributed by atoms with van der Waals surface area (Å²) in [6, 6.07) is -0.186. The third-order valence-corrected chi connectivity index (χ3v) is 4.53. The van der Waals surface area contributed by atoms with Crippen LogP contribution in [0.15, 0.2) is 0 Å². The fourth-order valence-electron chi connectivity index (χ4n) is 2.85. The minimum atomic E-state index is -0.486. The monoisotopic (exact) mass is 281 g/mol. The molecule has 3 aliphatic rings. The number of carbonyl (C=O) groups excluding carboxylic acids is 2. The highest BCUT2D eigenvalue weighted by Crippen LogP contribution is 2.33. The fraction of sp³-hybridized carbons (Fsp3) is 0.857. The van der Waals surface area contributed by atoms with Crippen LogP contribution < -0.4 is 11.1 Å². The Balaban J connectivity index is 1.61. The molecule has 0 radical (unpaired) electrons. The number of hydrogen-bond donors (Lipinski definition) is 2. The van der Waals surface area contributed by atoms with Gasteiger partial charge >= 0.3 is 0 Å². The normalized spacial score (nSPS) is 28.6. The van der Waals surface area contributed by atoms with Crippen LogP contribution in [0.25, 0.3) is 0 Å². The lowest BCUT2D eigenvalue weighted by atomic mass is 9.75. The topological polar surface area (TPSA) is 84.7 Å². The first-order chi connectivity index (χ1) is 9.57. The van der Waals surface area contributed by atoms with Crippen molar-refractivity contribution < 1.29 is 14.3 Å². The van der Waals surface area contributed by atoms with Gasteiger partial charge in [-0.3, -0.25) is 9.59 Å². The van der Waals surface area contributed by atoms with Crippen molar-refractivity contribution in [1.82, 2.24) is 10.2 Å². The average molecular weight is 281 g/mol. The van der Waals surface area contributed by atoms with E-state index in [2.05, 4.69) is 5.32 Å². The molecule has 0 aromatic rings. The molecule has 0 aromatic carbocycles. The zero-order chi connectivity index (χ0) is 14.2. The summed E-state index contributed by atoms with van der Waals surface area (Å²) in [6.07, 6.45) is 5.33. The number of ether oxygens (including phenoxy) is 1. The molecule has 2 amide bonds. The highest BCUT2D eigenvalue weighted by molar-refractivity contribution is 5.88. The minimum absolute atomic E-state index is 0.00792. The van der Waals surface area contributed by atoms with E-state index in [1.165, 1.54) is 0 Å². The number of rotatable bonds is 4. The van der Waals surface area contributed by atoms with Crippen molar-refractivity contribution in [3.05, 3.63) is 0 Å². The Morgan fingerprint density at radius 1 is 1.35 bits per heavy atom. The predicted molar refractivity (Wildman–Crippen MR) is 72.9 cm³/mol. The molecule has 3 N–H and O–H groups in total. The average Bonchev–Trinajstić information content (AvgIpc) is 3.20. The van der Waals surface area contributed by atoms with Gasteiger partial charge in [0.1, 0.15) is 6.04 Å². The van der Waals surface area contributed by atoms with E-state index in [0.717, 1.165) is 32.1 Å². The van der Waals surface area contributed by atoms with Crippen LogP contribution >= 0.6 is 0 Å². The Bertz CT molecular complexity index is 404. The molecule has 0 bridgehead atoms. The second kappa shape index (κ2) is 5.33. The molecule has 2 saturated carbocycles. The largest absolute Gasteiger partial charge is 0.377 e. The third kappa shape index (κ3) is 2.96. The second-order valence-corrected chi connectivity index (χ2v) is 6.35. The summed E-state index contributed by atoms with van der Waals surface area (Å²) in [7, 11) is 0. The summed E-state index contributed by atoms with van der Waals surface area (Å²) in [6.45, 7) is 1.27. The quantitative estimate of drug-likeness (QED) is 0.745. The van der Waals surface area contributed by atoms with Gasteiger partial charge in [-0.15, -0.1) is 0 Å². The number of nitrogens with one attached hydrogen (secondary N) is 1. The zero-order valence-electron chi connectivity index (χ0n) is 11.8. The maximum atomic E-state index is 12.4. The van der Waals surface area contributed by atoms with Crippen molar-refractivity contribution in [1.29, 1.82) is 0 Å². The summed E-state index contributed by atoms with van der Waals surface area (Å²) in [5.41, 5.74) is 5.80. The lowest BCUT2D eigenvalue weighted by Crippen LogP contribution is -2.58. The van der Waals surface area contributed by atoms with Crippen LogP contribution in [0.4, 0.5) is 0 Å². The van der Waals surface area contributed by atoms with Gasteiger partial charge in [-0.2, -0.15) is 0 Å². The van der Waals surface area contributed by atoms with Gasteiger partial charge in [0.15, 0.2) is 0 Å². The predicted octanol–water partition coefficient (Wildman–Crippen LogP) is -0.236. The van der Waals surface area contributed by atoms with E-state index in [0.29, 0.717) is 32.2 Å². The zero-order valence-corrected chi connectivity index (χ0v) is 11.8. The Kier molecular flexibility index (Phi) is 3.69. The van der Waals surface area contributed by atoms with Crippen LogP contribution in [0.2, 0.25) is 0 Å². The van der Waals surface area contributed by atoms with Crippen molar-refractivity contribution >= 4 is 11.8 Å². The van der Waals surface area contributed by atoms with Crippen molar-refractivity contribution in [2.75, 3.05) is 19.8 Å². The van der Waals surface area contributed by atoms with Crippen LogP contribution in [0.3, 0.4) is 0 Å². The molecule has 1 atom stereocenters. The van der Waals surface area contributed by atoms with Gasteiger partial charge in [0, 0.05) is 24.5 Å². The number of morpholine rings is 1. The standard InChI is InChI=1S/C14H23N3O3/c15-14(4-1-5-14)8-12(18)17-6-7-20-9-11(17)13(19)16-10-2-3-10/h10-11H,1-9,15H2,(H,16,19). The number of nitrogens with two attached hydrogens (primary N) is 1. The molecule has 20 heavy (non-hydrogen) atoms. The molecule has 2 aliphatic carbocycles. The van der Waals surface area contributed by atoms with Crippen molar-refractivity contribution in [2.45, 2.75) is 56.1 Å². The van der Waals surface area contributed by atoms with E-state index < -0.39 is 6.04 Å². The van der Waals surface area contributed by atoms with Gasteiger partial charge in [0.2, 0.25) is 11.8 Å². The molecule has 1 saturated heterocycles. The van der Waals surface area contributed by atoms with E-state index >= 15 is 0 Å². The molecule has 0 spiro atoms. The first-order valence-corrected chi connectivity index (χ1v) is 7.54. The fourth-order valence-corrected chi connectivity index (χ4v) is 2.85. The van der Waals surface area contributed by atoms with Gasteiger partial charge in [0.05, 0.1) is 13.2 Å². The molecular weight excluding hydrogens is 258 g/mol. The van der Waals surface area contributed by atoms with E-state index in [1.807, 2.05) is 0 Å². The van der Waals surface area contributed by atoms with E-state index in [1.54, 1.807) is 4.90 Å². The van der Waals surface area contributed by atoms with Crippen LogP contribution in [-0.2, 0) is 14.3 Å². The van der Waals surface area contributed by atoms with Crippen LogP contribution in [0.1, 0.15) is 38.5 Å².